The molecule has 0 spiro atoms. The minimum absolute atomic E-state index is 0.211. The fourth-order valence-electron chi connectivity index (χ4n) is 2.00. The number of benzene rings is 2. The summed E-state index contributed by atoms with van der Waals surface area (Å²) in [6, 6.07) is 14.9. The Morgan fingerprint density at radius 1 is 1.10 bits per heavy atom. The molecule has 0 aliphatic carbocycles. The second-order valence-corrected chi connectivity index (χ2v) is 7.05. The molecule has 2 N–H and O–H groups in total. The van der Waals surface area contributed by atoms with Gasteiger partial charge in [0.2, 0.25) is 0 Å². The van der Waals surface area contributed by atoms with Gasteiger partial charge in [0.25, 0.3) is 0 Å². The van der Waals surface area contributed by atoms with Crippen LogP contribution in [0.15, 0.2) is 53.4 Å². The molecule has 20 heavy (non-hydrogen) atoms. The molecule has 0 saturated carbocycles. The van der Waals surface area contributed by atoms with Gasteiger partial charge in [-0.3, -0.25) is 4.21 Å². The van der Waals surface area contributed by atoms with Gasteiger partial charge in [0.05, 0.1) is 26.0 Å². The first-order valence-electron chi connectivity index (χ1n) is 6.48. The molecule has 0 saturated heterocycles. The molecular weight excluding hydrogens is 290 g/mol. The van der Waals surface area contributed by atoms with E-state index in [0.29, 0.717) is 9.92 Å². The molecule has 0 fully saturated rings. The van der Waals surface area contributed by atoms with Crippen molar-refractivity contribution in [1.82, 2.24) is 0 Å². The van der Waals surface area contributed by atoms with Gasteiger partial charge in [-0.15, -0.1) is 0 Å². The summed E-state index contributed by atoms with van der Waals surface area (Å²) >= 11 is 6.10. The lowest BCUT2D eigenvalue weighted by Gasteiger charge is -2.20. The molecule has 3 unspecified atom stereocenters. The Kier molecular flexibility index (Phi) is 4.97. The van der Waals surface area contributed by atoms with Crippen molar-refractivity contribution >= 4 is 22.4 Å². The average molecular weight is 308 g/mol. The Balaban J connectivity index is 2.22. The second-order valence-electron chi connectivity index (χ2n) is 4.87. The first-order chi connectivity index (χ1) is 9.50. The maximum atomic E-state index is 12.6. The van der Waals surface area contributed by atoms with Gasteiger partial charge in [-0.25, -0.2) is 0 Å². The lowest BCUT2D eigenvalue weighted by atomic mass is 10.0. The van der Waals surface area contributed by atoms with Crippen LogP contribution in [0.25, 0.3) is 0 Å². The van der Waals surface area contributed by atoms with Gasteiger partial charge in [-0.1, -0.05) is 53.6 Å². The van der Waals surface area contributed by atoms with E-state index in [-0.39, 0.29) is 11.3 Å². The Hall–Kier alpha value is -1.16. The maximum Gasteiger partial charge on any atom is 0.0592 e. The molecule has 106 valence electrons. The number of hydrogen-bond acceptors (Lipinski definition) is 2. The molecule has 0 heterocycles. The summed E-state index contributed by atoms with van der Waals surface area (Å²) in [6.07, 6.45) is 0. The Bertz CT molecular complexity index is 612. The van der Waals surface area contributed by atoms with E-state index in [4.69, 9.17) is 17.3 Å². The summed E-state index contributed by atoms with van der Waals surface area (Å²) in [7, 11) is -1.23. The van der Waals surface area contributed by atoms with Crippen molar-refractivity contribution in [3.63, 3.8) is 0 Å². The van der Waals surface area contributed by atoms with Gasteiger partial charge in [-0.05, 0) is 31.5 Å². The van der Waals surface area contributed by atoms with Crippen LogP contribution in [0.4, 0.5) is 0 Å². The van der Waals surface area contributed by atoms with Crippen LogP contribution in [0, 0.1) is 6.92 Å². The quantitative estimate of drug-likeness (QED) is 0.932. The van der Waals surface area contributed by atoms with Crippen molar-refractivity contribution in [2.75, 3.05) is 0 Å². The van der Waals surface area contributed by atoms with Crippen molar-refractivity contribution in [3.05, 3.63) is 64.7 Å². The summed E-state index contributed by atoms with van der Waals surface area (Å²) in [5.74, 6) is 0. The number of hydrogen-bond donors (Lipinski definition) is 1. The van der Waals surface area contributed by atoms with E-state index in [1.54, 1.807) is 12.1 Å². The van der Waals surface area contributed by atoms with Gasteiger partial charge < -0.3 is 5.73 Å². The monoisotopic (exact) mass is 307 g/mol. The summed E-state index contributed by atoms with van der Waals surface area (Å²) < 4.78 is 12.6. The highest BCUT2D eigenvalue weighted by Gasteiger charge is 2.23. The van der Waals surface area contributed by atoms with E-state index in [9.17, 15) is 4.21 Å². The summed E-state index contributed by atoms with van der Waals surface area (Å²) in [4.78, 5) is 0.643. The van der Waals surface area contributed by atoms with Crippen molar-refractivity contribution in [2.24, 2.45) is 5.73 Å². The average Bonchev–Trinajstić information content (AvgIpc) is 2.46. The normalized spacial score (nSPS) is 15.6. The molecule has 0 aromatic heterocycles. The SMILES string of the molecule is Cc1ccc(C(N)C(C)S(=O)c2ccccc2Cl)cc1. The van der Waals surface area contributed by atoms with Crippen LogP contribution < -0.4 is 5.73 Å². The first-order valence-corrected chi connectivity index (χ1v) is 8.07. The van der Waals surface area contributed by atoms with E-state index in [1.165, 1.54) is 5.56 Å². The molecule has 0 radical (unpaired) electrons. The Labute approximate surface area is 127 Å². The smallest absolute Gasteiger partial charge is 0.0592 e. The summed E-state index contributed by atoms with van der Waals surface area (Å²) in [6.45, 7) is 3.92. The molecule has 2 aromatic carbocycles. The lowest BCUT2D eigenvalue weighted by Crippen LogP contribution is -2.27. The highest BCUT2D eigenvalue weighted by molar-refractivity contribution is 7.85. The fraction of sp³-hybridized carbons (Fsp3) is 0.250. The molecule has 0 bridgehead atoms. The predicted octanol–water partition coefficient (Wildman–Crippen LogP) is 3.84. The summed E-state index contributed by atoms with van der Waals surface area (Å²) in [5.41, 5.74) is 8.41. The van der Waals surface area contributed by atoms with E-state index in [1.807, 2.05) is 50.2 Å². The number of rotatable bonds is 4. The van der Waals surface area contributed by atoms with Crippen molar-refractivity contribution in [2.45, 2.75) is 30.0 Å². The number of aryl methyl sites for hydroxylation is 1. The number of halogens is 1. The zero-order valence-electron chi connectivity index (χ0n) is 11.5. The van der Waals surface area contributed by atoms with Gasteiger partial charge in [0.15, 0.2) is 0 Å². The van der Waals surface area contributed by atoms with Gasteiger partial charge in [0.1, 0.15) is 0 Å². The lowest BCUT2D eigenvalue weighted by molar-refractivity contribution is 0.643. The van der Waals surface area contributed by atoms with Gasteiger partial charge in [-0.2, -0.15) is 0 Å². The van der Waals surface area contributed by atoms with Crippen molar-refractivity contribution < 1.29 is 4.21 Å². The van der Waals surface area contributed by atoms with Crippen LogP contribution in [0.5, 0.6) is 0 Å². The molecule has 0 amide bonds. The molecule has 3 atom stereocenters. The zero-order chi connectivity index (χ0) is 14.7. The van der Waals surface area contributed by atoms with Crippen LogP contribution in [-0.4, -0.2) is 9.46 Å². The molecule has 2 aromatic rings. The molecule has 4 heteroatoms. The molecular formula is C16H18ClNOS. The molecule has 2 nitrogen and oxygen atoms in total. The van der Waals surface area contributed by atoms with E-state index < -0.39 is 10.8 Å². The van der Waals surface area contributed by atoms with Crippen molar-refractivity contribution in [3.8, 4) is 0 Å². The van der Waals surface area contributed by atoms with Crippen LogP contribution >= 0.6 is 11.6 Å². The third-order valence-corrected chi connectivity index (χ3v) is 5.56. The minimum atomic E-state index is -1.23. The van der Waals surface area contributed by atoms with Crippen LogP contribution in [0.2, 0.25) is 5.02 Å². The van der Waals surface area contributed by atoms with E-state index >= 15 is 0 Å². The van der Waals surface area contributed by atoms with Gasteiger partial charge >= 0.3 is 0 Å². The molecule has 0 aliphatic rings. The highest BCUT2D eigenvalue weighted by Crippen LogP contribution is 2.26. The third kappa shape index (κ3) is 3.29. The molecule has 2 rings (SSSR count). The first kappa shape index (κ1) is 15.2. The maximum absolute atomic E-state index is 12.6. The second kappa shape index (κ2) is 6.53. The van der Waals surface area contributed by atoms with E-state index in [2.05, 4.69) is 0 Å². The van der Waals surface area contributed by atoms with E-state index in [0.717, 1.165) is 5.56 Å². The largest absolute Gasteiger partial charge is 0.323 e. The fourth-order valence-corrected chi connectivity index (χ4v) is 3.66. The highest BCUT2D eigenvalue weighted by atomic mass is 35.5. The predicted molar refractivity (Wildman–Crippen MR) is 85.4 cm³/mol. The van der Waals surface area contributed by atoms with Gasteiger partial charge in [0, 0.05) is 6.04 Å². The van der Waals surface area contributed by atoms with Crippen molar-refractivity contribution in [1.29, 1.82) is 0 Å². The topological polar surface area (TPSA) is 43.1 Å². The summed E-state index contributed by atoms with van der Waals surface area (Å²) in [5, 5.41) is 0.311. The Morgan fingerprint density at radius 3 is 2.30 bits per heavy atom. The Morgan fingerprint density at radius 2 is 1.70 bits per heavy atom. The standard InChI is InChI=1S/C16H18ClNOS/c1-11-7-9-13(10-8-11)16(18)12(2)20(19)15-6-4-3-5-14(15)17/h3-10,12,16H,18H2,1-2H3. The van der Waals surface area contributed by atoms with Crippen LogP contribution in [0.1, 0.15) is 24.1 Å². The third-order valence-electron chi connectivity index (χ3n) is 3.36. The molecule has 0 aliphatic heterocycles. The van der Waals surface area contributed by atoms with Crippen LogP contribution in [0.3, 0.4) is 0 Å². The number of nitrogens with two attached hydrogens (primary N) is 1. The van der Waals surface area contributed by atoms with Crippen LogP contribution in [-0.2, 0) is 10.8 Å². The minimum Gasteiger partial charge on any atom is -0.323 e. The zero-order valence-corrected chi connectivity index (χ0v) is 13.1.